The summed E-state index contributed by atoms with van der Waals surface area (Å²) in [5.41, 5.74) is -1.61. The molecule has 0 spiro atoms. The quantitative estimate of drug-likeness (QED) is 0.490. The third-order valence-electron chi connectivity index (χ3n) is 3.61. The van der Waals surface area contributed by atoms with Crippen molar-refractivity contribution in [3.63, 3.8) is 0 Å². The summed E-state index contributed by atoms with van der Waals surface area (Å²) < 4.78 is 18.9. The van der Waals surface area contributed by atoms with Gasteiger partial charge in [-0.3, -0.25) is 9.59 Å². The van der Waals surface area contributed by atoms with Gasteiger partial charge in [-0.1, -0.05) is 12.1 Å². The lowest BCUT2D eigenvalue weighted by Gasteiger charge is -2.30. The zero-order chi connectivity index (χ0) is 19.7. The van der Waals surface area contributed by atoms with Crippen LogP contribution in [0.1, 0.15) is 12.0 Å². The lowest BCUT2D eigenvalue weighted by atomic mass is 9.95. The number of benzene rings is 1. The van der Waals surface area contributed by atoms with Crippen LogP contribution in [0.15, 0.2) is 24.3 Å². The monoisotopic (exact) mass is 386 g/mol. The summed E-state index contributed by atoms with van der Waals surface area (Å²) in [5, 5.41) is 9.40. The maximum absolute atomic E-state index is 12.2. The molecule has 0 amide bonds. The molecular formula is C17H22O8S. The van der Waals surface area contributed by atoms with Gasteiger partial charge >= 0.3 is 17.9 Å². The van der Waals surface area contributed by atoms with Gasteiger partial charge in [-0.15, -0.1) is 11.8 Å². The van der Waals surface area contributed by atoms with Crippen molar-refractivity contribution in [2.24, 2.45) is 0 Å². The number of methoxy groups -OCH3 is 4. The van der Waals surface area contributed by atoms with Gasteiger partial charge in [0, 0.05) is 5.75 Å². The van der Waals surface area contributed by atoms with Crippen LogP contribution in [-0.4, -0.2) is 62.3 Å². The van der Waals surface area contributed by atoms with E-state index in [4.69, 9.17) is 9.47 Å². The molecule has 1 N–H and O–H groups in total. The second kappa shape index (κ2) is 10.0. The molecule has 1 aromatic carbocycles. The van der Waals surface area contributed by atoms with Crippen LogP contribution in [0.25, 0.3) is 0 Å². The highest BCUT2D eigenvalue weighted by atomic mass is 32.2. The van der Waals surface area contributed by atoms with E-state index in [1.807, 2.05) is 0 Å². The number of thioether (sulfide) groups is 1. The largest absolute Gasteiger partial charge is 0.497 e. The van der Waals surface area contributed by atoms with Crippen molar-refractivity contribution >= 4 is 29.7 Å². The highest BCUT2D eigenvalue weighted by Gasteiger charge is 2.51. The predicted molar refractivity (Wildman–Crippen MR) is 93.7 cm³/mol. The van der Waals surface area contributed by atoms with E-state index in [1.165, 1.54) is 0 Å². The van der Waals surface area contributed by atoms with Gasteiger partial charge in [-0.05, 0) is 17.7 Å². The second-order valence-electron chi connectivity index (χ2n) is 5.23. The lowest BCUT2D eigenvalue weighted by Crippen LogP contribution is -2.54. The molecule has 26 heavy (non-hydrogen) atoms. The molecule has 0 aromatic heterocycles. The molecule has 1 aromatic rings. The van der Waals surface area contributed by atoms with E-state index in [0.29, 0.717) is 5.75 Å². The number of aliphatic hydroxyl groups is 1. The van der Waals surface area contributed by atoms with E-state index < -0.39 is 35.2 Å². The lowest BCUT2D eigenvalue weighted by molar-refractivity contribution is -0.173. The average molecular weight is 386 g/mol. The molecule has 0 heterocycles. The van der Waals surface area contributed by atoms with Crippen LogP contribution in [0.3, 0.4) is 0 Å². The van der Waals surface area contributed by atoms with Crippen molar-refractivity contribution in [1.82, 2.24) is 0 Å². The van der Waals surface area contributed by atoms with Gasteiger partial charge in [0.2, 0.25) is 0 Å². The van der Waals surface area contributed by atoms with Crippen molar-refractivity contribution in [3.05, 3.63) is 29.8 Å². The van der Waals surface area contributed by atoms with Gasteiger partial charge in [0.25, 0.3) is 0 Å². The van der Waals surface area contributed by atoms with Gasteiger partial charge in [0.1, 0.15) is 11.0 Å². The summed E-state index contributed by atoms with van der Waals surface area (Å²) in [6.07, 6.45) is -0.744. The Hall–Kier alpha value is -2.26. The number of hydrogen-bond acceptors (Lipinski definition) is 9. The molecule has 9 heteroatoms. The SMILES string of the molecule is COC(=O)C[C@@](O)(C(=O)OC)[C@H](SCc1ccc(OC)cc1)C(=O)OC. The Bertz CT molecular complexity index is 630. The first-order valence-corrected chi connectivity index (χ1v) is 8.57. The van der Waals surface area contributed by atoms with Gasteiger partial charge < -0.3 is 24.1 Å². The Labute approximate surface area is 155 Å². The average Bonchev–Trinajstić information content (AvgIpc) is 2.67. The number of rotatable bonds is 9. The van der Waals surface area contributed by atoms with Gasteiger partial charge in [0.05, 0.1) is 34.9 Å². The molecule has 0 aliphatic heterocycles. The summed E-state index contributed by atoms with van der Waals surface area (Å²) in [7, 11) is 4.82. The highest BCUT2D eigenvalue weighted by Crippen LogP contribution is 2.32. The van der Waals surface area contributed by atoms with E-state index in [-0.39, 0.29) is 5.75 Å². The number of carbonyl (C=O) groups excluding carboxylic acids is 3. The van der Waals surface area contributed by atoms with E-state index >= 15 is 0 Å². The predicted octanol–water partition coefficient (Wildman–Crippen LogP) is 0.937. The van der Waals surface area contributed by atoms with E-state index in [1.54, 1.807) is 31.4 Å². The Balaban J connectivity index is 3.08. The van der Waals surface area contributed by atoms with Crippen molar-refractivity contribution in [2.45, 2.75) is 23.0 Å². The smallest absolute Gasteiger partial charge is 0.340 e. The first kappa shape index (κ1) is 21.8. The maximum atomic E-state index is 12.2. The van der Waals surface area contributed by atoms with Gasteiger partial charge in [0.15, 0.2) is 5.60 Å². The van der Waals surface area contributed by atoms with Crippen molar-refractivity contribution in [1.29, 1.82) is 0 Å². The number of carbonyl (C=O) groups is 3. The third kappa shape index (κ3) is 5.37. The number of ether oxygens (including phenoxy) is 4. The Morgan fingerprint density at radius 2 is 1.65 bits per heavy atom. The molecular weight excluding hydrogens is 364 g/mol. The molecule has 0 aliphatic carbocycles. The number of esters is 3. The first-order chi connectivity index (χ1) is 12.3. The molecule has 144 valence electrons. The summed E-state index contributed by atoms with van der Waals surface area (Å²) in [4.78, 5) is 36.0. The molecule has 0 unspecified atom stereocenters. The molecule has 0 saturated heterocycles. The molecule has 0 saturated carbocycles. The number of hydrogen-bond donors (Lipinski definition) is 1. The normalized spacial score (nSPS) is 13.9. The summed E-state index contributed by atoms with van der Waals surface area (Å²) in [5.74, 6) is -1.91. The third-order valence-corrected chi connectivity index (χ3v) is 5.02. The fraction of sp³-hybridized carbons (Fsp3) is 0.471. The Morgan fingerprint density at radius 3 is 2.12 bits per heavy atom. The zero-order valence-corrected chi connectivity index (χ0v) is 15.8. The minimum Gasteiger partial charge on any atom is -0.497 e. The fourth-order valence-electron chi connectivity index (χ4n) is 2.15. The van der Waals surface area contributed by atoms with Gasteiger partial charge in [-0.25, -0.2) is 4.79 Å². The zero-order valence-electron chi connectivity index (χ0n) is 15.0. The van der Waals surface area contributed by atoms with Gasteiger partial charge in [-0.2, -0.15) is 0 Å². The topological polar surface area (TPSA) is 108 Å². The van der Waals surface area contributed by atoms with E-state index in [0.717, 1.165) is 38.7 Å². The van der Waals surface area contributed by atoms with Crippen LogP contribution in [0.4, 0.5) is 0 Å². The summed E-state index contributed by atoms with van der Waals surface area (Å²) in [6.45, 7) is 0. The minimum absolute atomic E-state index is 0.268. The molecule has 2 atom stereocenters. The highest BCUT2D eigenvalue weighted by molar-refractivity contribution is 8.00. The Morgan fingerprint density at radius 1 is 1.04 bits per heavy atom. The van der Waals surface area contributed by atoms with Crippen LogP contribution in [0.5, 0.6) is 5.75 Å². The summed E-state index contributed by atoms with van der Waals surface area (Å²) >= 11 is 0.950. The van der Waals surface area contributed by atoms with Crippen LogP contribution >= 0.6 is 11.8 Å². The Kier molecular flexibility index (Phi) is 8.40. The molecule has 0 bridgehead atoms. The summed E-state index contributed by atoms with van der Waals surface area (Å²) in [6, 6.07) is 7.03. The van der Waals surface area contributed by atoms with Crippen LogP contribution in [0.2, 0.25) is 0 Å². The maximum Gasteiger partial charge on any atom is 0.340 e. The minimum atomic E-state index is -2.42. The second-order valence-corrected chi connectivity index (χ2v) is 6.32. The molecule has 0 fully saturated rings. The van der Waals surface area contributed by atoms with Crippen molar-refractivity contribution in [2.75, 3.05) is 28.4 Å². The van der Waals surface area contributed by atoms with Crippen molar-refractivity contribution < 1.29 is 38.4 Å². The molecule has 0 aliphatic rings. The molecule has 0 radical (unpaired) electrons. The van der Waals surface area contributed by atoms with Crippen molar-refractivity contribution in [3.8, 4) is 5.75 Å². The molecule has 1 rings (SSSR count). The first-order valence-electron chi connectivity index (χ1n) is 7.52. The van der Waals surface area contributed by atoms with E-state index in [9.17, 15) is 19.5 Å². The van der Waals surface area contributed by atoms with Crippen LogP contribution in [-0.2, 0) is 34.3 Å². The van der Waals surface area contributed by atoms with Crippen LogP contribution < -0.4 is 4.74 Å². The standard InChI is InChI=1S/C17H22O8S/c1-22-12-7-5-11(6-8-12)10-26-14(15(19)24-3)17(21,16(20)25-4)9-13(18)23-2/h5-8,14,21H,9-10H2,1-4H3/t14-,17+/m1/s1. The van der Waals surface area contributed by atoms with Crippen LogP contribution in [0, 0.1) is 0 Å². The van der Waals surface area contributed by atoms with E-state index in [2.05, 4.69) is 9.47 Å². The molecule has 8 nitrogen and oxygen atoms in total. The fourth-order valence-corrected chi connectivity index (χ4v) is 3.39.